The molecule has 90 valence electrons. The lowest BCUT2D eigenvalue weighted by molar-refractivity contribution is 0.0692. The molecule has 6 heteroatoms. The highest BCUT2D eigenvalue weighted by molar-refractivity contribution is 5.92. The number of aryl methyl sites for hydroxylation is 1. The standard InChI is InChI=1S/C12H9N3O3/c1-7-9(8-3-2-6-18-8)14-11-10(12(16)17)13-4-5-15(7)11/h2-6H,1H3,(H,16,17). The molecule has 18 heavy (non-hydrogen) atoms. The quantitative estimate of drug-likeness (QED) is 0.744. The monoisotopic (exact) mass is 243 g/mol. The first-order valence-corrected chi connectivity index (χ1v) is 5.29. The third kappa shape index (κ3) is 1.39. The summed E-state index contributed by atoms with van der Waals surface area (Å²) in [5.41, 5.74) is 1.67. The highest BCUT2D eigenvalue weighted by Crippen LogP contribution is 2.24. The van der Waals surface area contributed by atoms with E-state index in [0.717, 1.165) is 5.69 Å². The van der Waals surface area contributed by atoms with Crippen LogP contribution in [-0.2, 0) is 0 Å². The third-order valence-corrected chi connectivity index (χ3v) is 2.74. The average Bonchev–Trinajstić information content (AvgIpc) is 2.97. The molecule has 0 amide bonds. The van der Waals surface area contributed by atoms with E-state index in [0.29, 0.717) is 17.1 Å². The summed E-state index contributed by atoms with van der Waals surface area (Å²) in [5.74, 6) is -0.496. The number of furan rings is 1. The Hall–Kier alpha value is -2.63. The smallest absolute Gasteiger partial charge is 0.358 e. The molecule has 1 N–H and O–H groups in total. The molecule has 0 aliphatic rings. The molecule has 0 aliphatic carbocycles. The summed E-state index contributed by atoms with van der Waals surface area (Å²) in [6, 6.07) is 3.54. The number of carboxylic acids is 1. The van der Waals surface area contributed by atoms with Crippen molar-refractivity contribution in [1.82, 2.24) is 14.4 Å². The molecule has 0 bridgehead atoms. The summed E-state index contributed by atoms with van der Waals surface area (Å²) in [6.45, 7) is 1.85. The molecule has 0 aliphatic heterocycles. The van der Waals surface area contributed by atoms with Gasteiger partial charge in [-0.15, -0.1) is 0 Å². The lowest BCUT2D eigenvalue weighted by Gasteiger charge is -1.97. The van der Waals surface area contributed by atoms with Gasteiger partial charge in [0.2, 0.25) is 0 Å². The molecule has 0 aromatic carbocycles. The maximum absolute atomic E-state index is 11.1. The van der Waals surface area contributed by atoms with Gasteiger partial charge in [0.25, 0.3) is 0 Å². The molecule has 6 nitrogen and oxygen atoms in total. The number of hydrogen-bond donors (Lipinski definition) is 1. The van der Waals surface area contributed by atoms with Gasteiger partial charge in [0.05, 0.1) is 12.0 Å². The van der Waals surface area contributed by atoms with Gasteiger partial charge in [-0.1, -0.05) is 0 Å². The molecule has 0 saturated carbocycles. The summed E-state index contributed by atoms with van der Waals surface area (Å²) in [7, 11) is 0. The van der Waals surface area contributed by atoms with Crippen molar-refractivity contribution in [2.45, 2.75) is 6.92 Å². The highest BCUT2D eigenvalue weighted by atomic mass is 16.4. The molecule has 3 heterocycles. The van der Waals surface area contributed by atoms with E-state index >= 15 is 0 Å². The normalized spacial score (nSPS) is 10.9. The second-order valence-corrected chi connectivity index (χ2v) is 3.80. The van der Waals surface area contributed by atoms with Gasteiger partial charge in [-0.2, -0.15) is 0 Å². The van der Waals surface area contributed by atoms with Crippen LogP contribution >= 0.6 is 0 Å². The van der Waals surface area contributed by atoms with Gasteiger partial charge in [0.1, 0.15) is 5.69 Å². The SMILES string of the molecule is Cc1c(-c2ccco2)nc2c(C(=O)O)nccn12. The van der Waals surface area contributed by atoms with Gasteiger partial charge >= 0.3 is 5.97 Å². The zero-order valence-corrected chi connectivity index (χ0v) is 9.49. The molecule has 3 aromatic rings. The van der Waals surface area contributed by atoms with Crippen molar-refractivity contribution >= 4 is 11.6 Å². The predicted molar refractivity (Wildman–Crippen MR) is 62.4 cm³/mol. The van der Waals surface area contributed by atoms with E-state index in [4.69, 9.17) is 9.52 Å². The number of aromatic nitrogens is 3. The maximum Gasteiger partial charge on any atom is 0.358 e. The van der Waals surface area contributed by atoms with E-state index in [1.54, 1.807) is 29.0 Å². The lowest BCUT2D eigenvalue weighted by Crippen LogP contribution is -2.04. The van der Waals surface area contributed by atoms with Crippen LogP contribution in [-0.4, -0.2) is 25.4 Å². The maximum atomic E-state index is 11.1. The average molecular weight is 243 g/mol. The fourth-order valence-electron chi connectivity index (χ4n) is 1.89. The minimum atomic E-state index is -1.10. The van der Waals surface area contributed by atoms with Crippen LogP contribution < -0.4 is 0 Å². The van der Waals surface area contributed by atoms with Gasteiger partial charge in [-0.05, 0) is 19.1 Å². The Kier molecular flexibility index (Phi) is 2.16. The van der Waals surface area contributed by atoms with Crippen molar-refractivity contribution in [1.29, 1.82) is 0 Å². The second kappa shape index (κ2) is 3.69. The molecule has 0 saturated heterocycles. The molecule has 0 spiro atoms. The van der Waals surface area contributed by atoms with E-state index in [1.807, 2.05) is 6.92 Å². The summed E-state index contributed by atoms with van der Waals surface area (Å²) in [4.78, 5) is 19.2. The summed E-state index contributed by atoms with van der Waals surface area (Å²) < 4.78 is 6.98. The largest absolute Gasteiger partial charge is 0.476 e. The Morgan fingerprint density at radius 3 is 3.00 bits per heavy atom. The number of aromatic carboxylic acids is 1. The molecule has 0 unspecified atom stereocenters. The van der Waals surface area contributed by atoms with Crippen LogP contribution in [0.3, 0.4) is 0 Å². The van der Waals surface area contributed by atoms with Crippen LogP contribution in [0.1, 0.15) is 16.2 Å². The molecule has 0 fully saturated rings. The predicted octanol–water partition coefficient (Wildman–Crippen LogP) is 2.00. The van der Waals surface area contributed by atoms with Gasteiger partial charge < -0.3 is 13.9 Å². The second-order valence-electron chi connectivity index (χ2n) is 3.80. The van der Waals surface area contributed by atoms with Crippen molar-refractivity contribution in [2.75, 3.05) is 0 Å². The van der Waals surface area contributed by atoms with Crippen molar-refractivity contribution in [3.63, 3.8) is 0 Å². The van der Waals surface area contributed by atoms with Crippen LogP contribution in [0.25, 0.3) is 17.1 Å². The van der Waals surface area contributed by atoms with Crippen molar-refractivity contribution in [3.05, 3.63) is 42.2 Å². The fourth-order valence-corrected chi connectivity index (χ4v) is 1.89. The molecule has 3 rings (SSSR count). The Morgan fingerprint density at radius 1 is 1.50 bits per heavy atom. The Balaban J connectivity index is 2.34. The molecular formula is C12H9N3O3. The first kappa shape index (κ1) is 10.5. The van der Waals surface area contributed by atoms with Crippen molar-refractivity contribution in [3.8, 4) is 11.5 Å². The Labute approximate surface area is 102 Å². The van der Waals surface area contributed by atoms with Gasteiger partial charge in [0.15, 0.2) is 17.1 Å². The van der Waals surface area contributed by atoms with Gasteiger partial charge in [0, 0.05) is 12.4 Å². The first-order valence-electron chi connectivity index (χ1n) is 5.29. The van der Waals surface area contributed by atoms with Crippen LogP contribution in [0, 0.1) is 6.92 Å². The third-order valence-electron chi connectivity index (χ3n) is 2.74. The number of nitrogens with zero attached hydrogens (tertiary/aromatic N) is 3. The number of rotatable bonds is 2. The molecule has 0 atom stereocenters. The van der Waals surface area contributed by atoms with Crippen molar-refractivity contribution < 1.29 is 14.3 Å². The zero-order valence-electron chi connectivity index (χ0n) is 9.49. The van der Waals surface area contributed by atoms with E-state index in [-0.39, 0.29) is 5.69 Å². The lowest BCUT2D eigenvalue weighted by atomic mass is 10.3. The van der Waals surface area contributed by atoms with Crippen LogP contribution in [0.4, 0.5) is 0 Å². The first-order chi connectivity index (χ1) is 8.68. The Morgan fingerprint density at radius 2 is 2.33 bits per heavy atom. The number of fused-ring (bicyclic) bond motifs is 1. The fraction of sp³-hybridized carbons (Fsp3) is 0.0833. The van der Waals surface area contributed by atoms with E-state index < -0.39 is 5.97 Å². The number of carbonyl (C=O) groups is 1. The summed E-state index contributed by atoms with van der Waals surface area (Å²) in [6.07, 6.45) is 4.67. The number of imidazole rings is 1. The Bertz CT molecular complexity index is 728. The zero-order chi connectivity index (χ0) is 12.7. The van der Waals surface area contributed by atoms with E-state index in [9.17, 15) is 4.79 Å². The number of hydrogen-bond acceptors (Lipinski definition) is 4. The van der Waals surface area contributed by atoms with Crippen LogP contribution in [0.5, 0.6) is 0 Å². The molecule has 3 aromatic heterocycles. The molecular weight excluding hydrogens is 234 g/mol. The minimum absolute atomic E-state index is 0.0709. The topological polar surface area (TPSA) is 80.6 Å². The number of carboxylic acid groups (broad SMARTS) is 1. The minimum Gasteiger partial charge on any atom is -0.476 e. The van der Waals surface area contributed by atoms with Gasteiger partial charge in [-0.25, -0.2) is 14.8 Å². The molecule has 0 radical (unpaired) electrons. The van der Waals surface area contributed by atoms with E-state index in [1.165, 1.54) is 6.20 Å². The van der Waals surface area contributed by atoms with E-state index in [2.05, 4.69) is 9.97 Å². The van der Waals surface area contributed by atoms with Gasteiger partial charge in [-0.3, -0.25) is 0 Å². The summed E-state index contributed by atoms with van der Waals surface area (Å²) >= 11 is 0. The van der Waals surface area contributed by atoms with Crippen LogP contribution in [0.2, 0.25) is 0 Å². The summed E-state index contributed by atoms with van der Waals surface area (Å²) in [5, 5.41) is 9.07. The highest BCUT2D eigenvalue weighted by Gasteiger charge is 2.18. The van der Waals surface area contributed by atoms with Crippen molar-refractivity contribution in [2.24, 2.45) is 0 Å². The van der Waals surface area contributed by atoms with Crippen LogP contribution in [0.15, 0.2) is 35.2 Å².